The van der Waals surface area contributed by atoms with Crippen LogP contribution in [0.5, 0.6) is 5.75 Å². The molecule has 35 heavy (non-hydrogen) atoms. The average Bonchev–Trinajstić information content (AvgIpc) is 3.19. The van der Waals surface area contributed by atoms with E-state index >= 15 is 0 Å². The van der Waals surface area contributed by atoms with Crippen molar-refractivity contribution in [3.05, 3.63) is 34.8 Å². The zero-order valence-electron chi connectivity index (χ0n) is 18.5. The smallest absolute Gasteiger partial charge is 0.425 e. The van der Waals surface area contributed by atoms with Crippen molar-refractivity contribution in [2.75, 3.05) is 37.3 Å². The van der Waals surface area contributed by atoms with Crippen LogP contribution in [0.25, 0.3) is 0 Å². The van der Waals surface area contributed by atoms with Crippen molar-refractivity contribution < 1.29 is 44.3 Å². The van der Waals surface area contributed by atoms with Gasteiger partial charge in [-0.05, 0) is 25.1 Å². The van der Waals surface area contributed by atoms with Crippen molar-refractivity contribution in [1.82, 2.24) is 9.88 Å². The molecule has 0 N–H and O–H groups in total. The highest BCUT2D eigenvalue weighted by atomic mass is 32.2. The number of benzene rings is 1. The summed E-state index contributed by atoms with van der Waals surface area (Å²) in [4.78, 5) is 20.0. The summed E-state index contributed by atoms with van der Waals surface area (Å²) in [6.45, 7) is 1.37. The van der Waals surface area contributed by atoms with Gasteiger partial charge in [-0.15, -0.1) is 11.3 Å². The first kappa shape index (κ1) is 27.0. The molecule has 2 aromatic rings. The first-order chi connectivity index (χ1) is 16.0. The Kier molecular flexibility index (Phi) is 7.60. The normalized spacial score (nSPS) is 16.3. The van der Waals surface area contributed by atoms with Gasteiger partial charge in [-0.3, -0.25) is 4.79 Å². The molecular formula is C20H21F6N3O4S2. The Bertz CT molecular complexity index is 1170. The van der Waals surface area contributed by atoms with Crippen LogP contribution in [0, 0.1) is 0 Å². The predicted molar refractivity (Wildman–Crippen MR) is 116 cm³/mol. The molecule has 194 valence electrons. The zero-order chi connectivity index (χ0) is 26.2. The van der Waals surface area contributed by atoms with Crippen LogP contribution >= 0.6 is 11.3 Å². The first-order valence-corrected chi connectivity index (χ1v) is 12.9. The number of alkyl halides is 6. The molecule has 1 fully saturated rings. The summed E-state index contributed by atoms with van der Waals surface area (Å²) in [6, 6.07) is 3.05. The Labute approximate surface area is 201 Å². The van der Waals surface area contributed by atoms with E-state index in [0.29, 0.717) is 5.13 Å². The molecule has 1 aliphatic rings. The van der Waals surface area contributed by atoms with E-state index < -0.39 is 46.4 Å². The minimum atomic E-state index is -4.71. The van der Waals surface area contributed by atoms with Gasteiger partial charge in [0.2, 0.25) is 0 Å². The van der Waals surface area contributed by atoms with Gasteiger partial charge in [0.1, 0.15) is 5.75 Å². The number of carbonyl (C=O) groups is 1. The molecule has 0 spiro atoms. The van der Waals surface area contributed by atoms with Crippen LogP contribution in [-0.4, -0.2) is 75.1 Å². The van der Waals surface area contributed by atoms with Gasteiger partial charge in [0.25, 0.3) is 5.91 Å². The number of ether oxygens (including phenoxy) is 1. The average molecular weight is 546 g/mol. The molecule has 0 bridgehead atoms. The summed E-state index contributed by atoms with van der Waals surface area (Å²) in [6.07, 6.45) is -10.4. The number of nitrogens with zero attached hydrogens (tertiary/aromatic N) is 3. The summed E-state index contributed by atoms with van der Waals surface area (Å²) in [5.41, 5.74) is -0.334. The molecule has 2 heterocycles. The molecule has 0 radical (unpaired) electrons. The maximum atomic E-state index is 13.1. The molecule has 1 aliphatic heterocycles. The van der Waals surface area contributed by atoms with Crippen molar-refractivity contribution in [2.24, 2.45) is 0 Å². The summed E-state index contributed by atoms with van der Waals surface area (Å²) < 4.78 is 106. The SMILES string of the molecule is C[C@H](Oc1ccc(S(C)(=O)=O)cc1C(=O)N1CCN(c2ncc(CC(F)(F)F)s2)CC1)C(F)(F)F. The molecule has 15 heteroatoms. The summed E-state index contributed by atoms with van der Waals surface area (Å²) in [5, 5.41) is 0.360. The van der Waals surface area contributed by atoms with E-state index in [1.54, 1.807) is 4.90 Å². The fourth-order valence-electron chi connectivity index (χ4n) is 3.26. The second-order valence-corrected chi connectivity index (χ2v) is 11.0. The lowest BCUT2D eigenvalue weighted by Crippen LogP contribution is -2.49. The Hall–Kier alpha value is -2.55. The minimum absolute atomic E-state index is 0.0455. The van der Waals surface area contributed by atoms with Crippen molar-refractivity contribution in [3.63, 3.8) is 0 Å². The van der Waals surface area contributed by atoms with E-state index in [1.807, 2.05) is 0 Å². The van der Waals surface area contributed by atoms with Gasteiger partial charge < -0.3 is 14.5 Å². The van der Waals surface area contributed by atoms with E-state index in [-0.39, 0.29) is 41.5 Å². The molecular weight excluding hydrogens is 524 g/mol. The second-order valence-electron chi connectivity index (χ2n) is 7.91. The highest BCUT2D eigenvalue weighted by molar-refractivity contribution is 7.90. The molecule has 1 aromatic heterocycles. The van der Waals surface area contributed by atoms with E-state index in [9.17, 15) is 39.6 Å². The van der Waals surface area contributed by atoms with Crippen molar-refractivity contribution in [1.29, 1.82) is 0 Å². The van der Waals surface area contributed by atoms with E-state index in [2.05, 4.69) is 4.98 Å². The number of hydrogen-bond donors (Lipinski definition) is 0. The lowest BCUT2D eigenvalue weighted by atomic mass is 10.1. The highest BCUT2D eigenvalue weighted by Gasteiger charge is 2.39. The molecule has 1 atom stereocenters. The van der Waals surface area contributed by atoms with Crippen LogP contribution in [0.4, 0.5) is 31.5 Å². The number of rotatable bonds is 6. The number of sulfone groups is 1. The van der Waals surface area contributed by atoms with E-state index in [1.165, 1.54) is 4.90 Å². The van der Waals surface area contributed by atoms with Crippen molar-refractivity contribution in [2.45, 2.75) is 36.7 Å². The topological polar surface area (TPSA) is 79.8 Å². The third kappa shape index (κ3) is 6.99. The number of aromatic nitrogens is 1. The highest BCUT2D eigenvalue weighted by Crippen LogP contribution is 2.32. The maximum absolute atomic E-state index is 13.1. The van der Waals surface area contributed by atoms with Crippen molar-refractivity contribution >= 4 is 32.2 Å². The maximum Gasteiger partial charge on any atom is 0.425 e. The number of hydrogen-bond acceptors (Lipinski definition) is 7. The number of halogens is 6. The number of amides is 1. The minimum Gasteiger partial charge on any atom is -0.480 e. The van der Waals surface area contributed by atoms with E-state index in [0.717, 1.165) is 48.9 Å². The van der Waals surface area contributed by atoms with Gasteiger partial charge in [0.15, 0.2) is 21.1 Å². The Balaban J connectivity index is 1.77. The number of piperazine rings is 1. The van der Waals surface area contributed by atoms with Crippen LogP contribution in [-0.2, 0) is 16.3 Å². The van der Waals surface area contributed by atoms with Crippen LogP contribution in [0.2, 0.25) is 0 Å². The molecule has 1 saturated heterocycles. The quantitative estimate of drug-likeness (QED) is 0.512. The van der Waals surface area contributed by atoms with Crippen LogP contribution in [0.1, 0.15) is 22.2 Å². The third-order valence-corrected chi connectivity index (χ3v) is 7.30. The Morgan fingerprint density at radius 3 is 2.31 bits per heavy atom. The molecule has 1 amide bonds. The van der Waals surface area contributed by atoms with Gasteiger partial charge >= 0.3 is 12.4 Å². The van der Waals surface area contributed by atoms with Gasteiger partial charge in [-0.25, -0.2) is 13.4 Å². The lowest BCUT2D eigenvalue weighted by Gasteiger charge is -2.35. The van der Waals surface area contributed by atoms with Crippen LogP contribution in [0.15, 0.2) is 29.3 Å². The molecule has 0 unspecified atom stereocenters. The third-order valence-electron chi connectivity index (χ3n) is 5.13. The van der Waals surface area contributed by atoms with Crippen LogP contribution in [0.3, 0.4) is 0 Å². The Morgan fingerprint density at radius 1 is 1.14 bits per heavy atom. The molecule has 1 aromatic carbocycles. The summed E-state index contributed by atoms with van der Waals surface area (Å²) >= 11 is 0.887. The predicted octanol–water partition coefficient (Wildman–Crippen LogP) is 3.94. The number of carbonyl (C=O) groups excluding carboxylic acids is 1. The summed E-state index contributed by atoms with van der Waals surface area (Å²) in [5.74, 6) is -1.14. The number of anilines is 1. The molecule has 0 aliphatic carbocycles. The fraction of sp³-hybridized carbons (Fsp3) is 0.500. The van der Waals surface area contributed by atoms with Crippen molar-refractivity contribution in [3.8, 4) is 5.75 Å². The second kappa shape index (κ2) is 9.84. The number of thiazole rings is 1. The van der Waals surface area contributed by atoms with Crippen LogP contribution < -0.4 is 9.64 Å². The monoisotopic (exact) mass is 545 g/mol. The molecule has 0 saturated carbocycles. The van der Waals surface area contributed by atoms with Gasteiger partial charge in [0.05, 0.1) is 16.9 Å². The standard InChI is InChI=1S/C20H21F6N3O4S2/c1-12(20(24,25)26)33-16-4-3-14(35(2,31)32)9-15(16)17(30)28-5-7-29(8-6-28)18-27-11-13(34-18)10-19(21,22)23/h3-4,9,11-12H,5-8,10H2,1-2H3/t12-/m0/s1. The van der Waals surface area contributed by atoms with Gasteiger partial charge in [0, 0.05) is 43.5 Å². The fourth-order valence-corrected chi connectivity index (χ4v) is 4.90. The molecule has 7 nitrogen and oxygen atoms in total. The van der Waals surface area contributed by atoms with E-state index in [4.69, 9.17) is 4.74 Å². The zero-order valence-corrected chi connectivity index (χ0v) is 20.1. The largest absolute Gasteiger partial charge is 0.480 e. The lowest BCUT2D eigenvalue weighted by molar-refractivity contribution is -0.189. The molecule has 3 rings (SSSR count). The Morgan fingerprint density at radius 2 is 1.77 bits per heavy atom. The first-order valence-electron chi connectivity index (χ1n) is 10.2. The summed E-state index contributed by atoms with van der Waals surface area (Å²) in [7, 11) is -3.76. The van der Waals surface area contributed by atoms with Gasteiger partial charge in [-0.2, -0.15) is 26.3 Å². The van der Waals surface area contributed by atoms with Gasteiger partial charge in [-0.1, -0.05) is 0 Å².